The third-order valence-electron chi connectivity index (χ3n) is 4.25. The van der Waals surface area contributed by atoms with E-state index in [0.717, 1.165) is 16.7 Å². The van der Waals surface area contributed by atoms with Gasteiger partial charge in [-0.05, 0) is 29.3 Å². The minimum Gasteiger partial charge on any atom is -0.350 e. The maximum atomic E-state index is 12.8. The van der Waals surface area contributed by atoms with E-state index in [1.165, 1.54) is 10.8 Å². The Labute approximate surface area is 168 Å². The molecule has 6 heteroatoms. The van der Waals surface area contributed by atoms with Gasteiger partial charge < -0.3 is 5.32 Å². The molecular formula is C23H19N5O. The Morgan fingerprint density at radius 3 is 2.45 bits per heavy atom. The molecule has 0 saturated carbocycles. The molecule has 0 amide bonds. The van der Waals surface area contributed by atoms with E-state index in [1.54, 1.807) is 18.5 Å². The zero-order valence-electron chi connectivity index (χ0n) is 15.6. The van der Waals surface area contributed by atoms with Gasteiger partial charge in [-0.1, -0.05) is 60.7 Å². The number of benzene rings is 2. The molecule has 4 rings (SSSR count). The van der Waals surface area contributed by atoms with E-state index in [2.05, 4.69) is 20.4 Å². The molecule has 0 saturated heterocycles. The highest BCUT2D eigenvalue weighted by molar-refractivity contribution is 5.94. The molecule has 0 unspecified atom stereocenters. The zero-order chi connectivity index (χ0) is 19.9. The van der Waals surface area contributed by atoms with Crippen LogP contribution in [-0.4, -0.2) is 25.7 Å². The van der Waals surface area contributed by atoms with Gasteiger partial charge >= 0.3 is 0 Å². The van der Waals surface area contributed by atoms with Crippen LogP contribution in [0.3, 0.4) is 0 Å². The molecule has 4 aromatic rings. The quantitative estimate of drug-likeness (QED) is 0.504. The molecule has 0 aliphatic carbocycles. The van der Waals surface area contributed by atoms with E-state index in [-0.39, 0.29) is 5.91 Å². The first kappa shape index (κ1) is 18.3. The lowest BCUT2D eigenvalue weighted by Crippen LogP contribution is -2.14. The van der Waals surface area contributed by atoms with Crippen LogP contribution >= 0.6 is 0 Å². The molecule has 2 aromatic heterocycles. The van der Waals surface area contributed by atoms with Crippen LogP contribution in [0.5, 0.6) is 0 Å². The molecule has 0 atom stereocenters. The Morgan fingerprint density at radius 2 is 1.72 bits per heavy atom. The standard InChI is InChI=1S/C23H19N5O/c29-21(14-13-18-8-3-1-4-9-18)28-23(25-16-19-10-5-2-6-11-19)26-22(27-28)20-12-7-15-24-17-20/h1-15,17H,16H2,(H,25,26,27). The summed E-state index contributed by atoms with van der Waals surface area (Å²) >= 11 is 0. The van der Waals surface area contributed by atoms with Crippen molar-refractivity contribution in [1.29, 1.82) is 0 Å². The number of aromatic nitrogens is 4. The highest BCUT2D eigenvalue weighted by Crippen LogP contribution is 2.17. The van der Waals surface area contributed by atoms with Crippen molar-refractivity contribution in [2.75, 3.05) is 5.32 Å². The maximum absolute atomic E-state index is 12.8. The van der Waals surface area contributed by atoms with E-state index in [4.69, 9.17) is 0 Å². The SMILES string of the molecule is O=C(C=Cc1ccccc1)n1nc(-c2cccnc2)nc1NCc1ccccc1. The molecule has 2 aromatic carbocycles. The lowest BCUT2D eigenvalue weighted by Gasteiger charge is -2.05. The van der Waals surface area contributed by atoms with Crippen LogP contribution < -0.4 is 5.32 Å². The zero-order valence-corrected chi connectivity index (χ0v) is 15.6. The maximum Gasteiger partial charge on any atom is 0.274 e. The van der Waals surface area contributed by atoms with Crippen molar-refractivity contribution in [3.63, 3.8) is 0 Å². The van der Waals surface area contributed by atoms with Gasteiger partial charge in [0.05, 0.1) is 0 Å². The Bertz CT molecular complexity index is 1110. The first-order valence-electron chi connectivity index (χ1n) is 9.22. The molecule has 0 aliphatic rings. The Kier molecular flexibility index (Phi) is 5.53. The normalized spacial score (nSPS) is 10.9. The highest BCUT2D eigenvalue weighted by atomic mass is 16.2. The Hall–Kier alpha value is -4.06. The first-order valence-corrected chi connectivity index (χ1v) is 9.22. The summed E-state index contributed by atoms with van der Waals surface area (Å²) in [6, 6.07) is 23.2. The summed E-state index contributed by atoms with van der Waals surface area (Å²) in [4.78, 5) is 21.4. The number of hydrogen-bond acceptors (Lipinski definition) is 5. The van der Waals surface area contributed by atoms with Crippen molar-refractivity contribution in [2.45, 2.75) is 6.54 Å². The highest BCUT2D eigenvalue weighted by Gasteiger charge is 2.15. The number of pyridine rings is 1. The van der Waals surface area contributed by atoms with Crippen LogP contribution in [0.25, 0.3) is 17.5 Å². The number of hydrogen-bond donors (Lipinski definition) is 1. The second-order valence-electron chi connectivity index (χ2n) is 6.33. The van der Waals surface area contributed by atoms with Gasteiger partial charge in [-0.3, -0.25) is 9.78 Å². The monoisotopic (exact) mass is 381 g/mol. The van der Waals surface area contributed by atoms with Crippen LogP contribution in [0.4, 0.5) is 5.95 Å². The molecular weight excluding hydrogens is 362 g/mol. The molecule has 0 spiro atoms. The second kappa shape index (κ2) is 8.75. The Morgan fingerprint density at radius 1 is 0.966 bits per heavy atom. The first-order chi connectivity index (χ1) is 14.3. The fourth-order valence-corrected chi connectivity index (χ4v) is 2.78. The van der Waals surface area contributed by atoms with Crippen LogP contribution in [0, 0.1) is 0 Å². The fraction of sp³-hybridized carbons (Fsp3) is 0.0435. The van der Waals surface area contributed by atoms with Crippen LogP contribution in [0.15, 0.2) is 91.3 Å². The van der Waals surface area contributed by atoms with Crippen molar-refractivity contribution >= 4 is 17.9 Å². The van der Waals surface area contributed by atoms with Crippen LogP contribution in [-0.2, 0) is 6.54 Å². The van der Waals surface area contributed by atoms with E-state index in [1.807, 2.05) is 72.8 Å². The van der Waals surface area contributed by atoms with Crippen molar-refractivity contribution in [2.24, 2.45) is 0 Å². The summed E-state index contributed by atoms with van der Waals surface area (Å²) in [5, 5.41) is 7.62. The largest absolute Gasteiger partial charge is 0.350 e. The van der Waals surface area contributed by atoms with Gasteiger partial charge in [-0.25, -0.2) is 0 Å². The molecule has 29 heavy (non-hydrogen) atoms. The molecule has 0 aliphatic heterocycles. The van der Waals surface area contributed by atoms with Gasteiger partial charge in [-0.15, -0.1) is 5.10 Å². The number of carbonyl (C=O) groups excluding carboxylic acids is 1. The van der Waals surface area contributed by atoms with Gasteiger partial charge in [0.2, 0.25) is 5.95 Å². The van der Waals surface area contributed by atoms with Crippen molar-refractivity contribution in [3.05, 3.63) is 102 Å². The third-order valence-corrected chi connectivity index (χ3v) is 4.25. The van der Waals surface area contributed by atoms with Crippen LogP contribution in [0.2, 0.25) is 0 Å². The van der Waals surface area contributed by atoms with Crippen molar-refractivity contribution < 1.29 is 4.79 Å². The number of carbonyl (C=O) groups is 1. The van der Waals surface area contributed by atoms with Gasteiger partial charge in [0, 0.05) is 30.6 Å². The summed E-state index contributed by atoms with van der Waals surface area (Å²) in [6.07, 6.45) is 6.60. The number of anilines is 1. The lowest BCUT2D eigenvalue weighted by atomic mass is 10.2. The molecule has 2 heterocycles. The van der Waals surface area contributed by atoms with Gasteiger partial charge in [-0.2, -0.15) is 9.67 Å². The topological polar surface area (TPSA) is 72.7 Å². The van der Waals surface area contributed by atoms with E-state index in [0.29, 0.717) is 18.3 Å². The average Bonchev–Trinajstić information content (AvgIpc) is 3.22. The van der Waals surface area contributed by atoms with E-state index in [9.17, 15) is 4.79 Å². The molecule has 0 radical (unpaired) electrons. The summed E-state index contributed by atoms with van der Waals surface area (Å²) in [5.41, 5.74) is 2.76. The predicted octanol–water partition coefficient (Wildman–Crippen LogP) is 4.31. The van der Waals surface area contributed by atoms with Gasteiger partial charge in [0.25, 0.3) is 5.91 Å². The molecule has 1 N–H and O–H groups in total. The Balaban J connectivity index is 1.62. The van der Waals surface area contributed by atoms with Crippen LogP contribution in [0.1, 0.15) is 15.9 Å². The fourth-order valence-electron chi connectivity index (χ4n) is 2.78. The summed E-state index contributed by atoms with van der Waals surface area (Å²) < 4.78 is 1.28. The minimum absolute atomic E-state index is 0.285. The van der Waals surface area contributed by atoms with E-state index < -0.39 is 0 Å². The lowest BCUT2D eigenvalue weighted by molar-refractivity contribution is 0.0957. The average molecular weight is 381 g/mol. The summed E-state index contributed by atoms with van der Waals surface area (Å²) in [5.74, 6) is 0.539. The number of nitrogens with one attached hydrogen (secondary N) is 1. The summed E-state index contributed by atoms with van der Waals surface area (Å²) in [6.45, 7) is 0.529. The van der Waals surface area contributed by atoms with Gasteiger partial charge in [0.1, 0.15) is 0 Å². The summed E-state index contributed by atoms with van der Waals surface area (Å²) in [7, 11) is 0. The molecule has 6 nitrogen and oxygen atoms in total. The molecule has 0 fully saturated rings. The number of allylic oxidation sites excluding steroid dienone is 1. The second-order valence-corrected chi connectivity index (χ2v) is 6.33. The predicted molar refractivity (Wildman–Crippen MR) is 113 cm³/mol. The smallest absolute Gasteiger partial charge is 0.274 e. The number of rotatable bonds is 6. The molecule has 0 bridgehead atoms. The van der Waals surface area contributed by atoms with Crippen molar-refractivity contribution in [1.82, 2.24) is 19.7 Å². The molecule has 142 valence electrons. The minimum atomic E-state index is -0.285. The third kappa shape index (κ3) is 4.62. The van der Waals surface area contributed by atoms with Gasteiger partial charge in [0.15, 0.2) is 5.82 Å². The van der Waals surface area contributed by atoms with Crippen molar-refractivity contribution in [3.8, 4) is 11.4 Å². The van der Waals surface area contributed by atoms with E-state index >= 15 is 0 Å². The number of nitrogens with zero attached hydrogens (tertiary/aromatic N) is 4.